The van der Waals surface area contributed by atoms with Gasteiger partial charge in [-0.1, -0.05) is 13.8 Å². The summed E-state index contributed by atoms with van der Waals surface area (Å²) in [6.07, 6.45) is 0. The summed E-state index contributed by atoms with van der Waals surface area (Å²) in [6.45, 7) is 4.17. The van der Waals surface area contributed by atoms with Gasteiger partial charge in [0, 0.05) is 4.90 Å². The highest BCUT2D eigenvalue weighted by Crippen LogP contribution is 2.36. The summed E-state index contributed by atoms with van der Waals surface area (Å²) >= 11 is 0.989. The molecule has 4 nitrogen and oxygen atoms in total. The Morgan fingerprint density at radius 3 is 2.69 bits per heavy atom. The number of hydrogen-bond donors (Lipinski definition) is 3. The summed E-state index contributed by atoms with van der Waals surface area (Å²) in [5, 5.41) is 0. The summed E-state index contributed by atoms with van der Waals surface area (Å²) in [6, 6.07) is 3.87. The van der Waals surface area contributed by atoms with Crippen molar-refractivity contribution in [3.8, 4) is 0 Å². The molecule has 0 aliphatic rings. The topological polar surface area (TPSA) is 68.9 Å². The SMILES string of the molecule is [3H]OSSc1cc2[nH]c(=O)[nH]c2cc1C(C)C. The van der Waals surface area contributed by atoms with Gasteiger partial charge in [0.2, 0.25) is 1.43 Å². The van der Waals surface area contributed by atoms with E-state index in [-0.39, 0.29) is 5.69 Å². The molecule has 2 aromatic rings. The second-order valence-corrected chi connectivity index (χ2v) is 5.47. The number of rotatable bonds is 4. The predicted octanol–water partition coefficient (Wildman–Crippen LogP) is 3.19. The third-order valence-corrected chi connectivity index (χ3v) is 3.74. The van der Waals surface area contributed by atoms with Crippen molar-refractivity contribution in [2.75, 3.05) is 0 Å². The van der Waals surface area contributed by atoms with Crippen molar-refractivity contribution in [1.82, 2.24) is 9.97 Å². The van der Waals surface area contributed by atoms with Crippen molar-refractivity contribution < 1.29 is 4.56 Å². The van der Waals surface area contributed by atoms with E-state index in [9.17, 15) is 4.79 Å². The molecule has 1 aromatic heterocycles. The predicted molar refractivity (Wildman–Crippen MR) is 69.1 cm³/mol. The molecule has 16 heavy (non-hydrogen) atoms. The molecule has 0 saturated heterocycles. The van der Waals surface area contributed by atoms with E-state index < -0.39 is 0 Å². The first kappa shape index (κ1) is 10.3. The fourth-order valence-electron chi connectivity index (χ4n) is 1.64. The quantitative estimate of drug-likeness (QED) is 0.582. The summed E-state index contributed by atoms with van der Waals surface area (Å²) in [7, 11) is 1.37. The van der Waals surface area contributed by atoms with E-state index in [2.05, 4.69) is 28.4 Å². The van der Waals surface area contributed by atoms with Gasteiger partial charge < -0.3 is 14.5 Å². The number of benzene rings is 1. The lowest BCUT2D eigenvalue weighted by molar-refractivity contribution is 0.676. The number of hydrogen-bond acceptors (Lipinski definition) is 4. The van der Waals surface area contributed by atoms with Crippen LogP contribution in [-0.2, 0) is 0 Å². The number of H-pyrrole nitrogens is 2. The van der Waals surface area contributed by atoms with Crippen LogP contribution in [0.2, 0.25) is 0 Å². The number of imidazole rings is 1. The Labute approximate surface area is 102 Å². The molecule has 2 rings (SSSR count). The van der Waals surface area contributed by atoms with Crippen molar-refractivity contribution in [1.29, 1.82) is 1.43 Å². The number of fused-ring (bicyclic) bond motifs is 1. The van der Waals surface area contributed by atoms with Crippen LogP contribution in [0.4, 0.5) is 0 Å². The van der Waals surface area contributed by atoms with Crippen LogP contribution in [0.5, 0.6) is 0 Å². The van der Waals surface area contributed by atoms with Gasteiger partial charge in [0.05, 0.1) is 22.1 Å². The number of nitrogens with one attached hydrogen (secondary N) is 2. The van der Waals surface area contributed by atoms with Gasteiger partial charge in [0.15, 0.2) is 0 Å². The monoisotopic (exact) mass is 258 g/mol. The van der Waals surface area contributed by atoms with Crippen molar-refractivity contribution >= 4 is 32.9 Å². The molecular weight excluding hydrogens is 244 g/mol. The Bertz CT molecular complexity index is 579. The lowest BCUT2D eigenvalue weighted by Crippen LogP contribution is -1.99. The highest BCUT2D eigenvalue weighted by Gasteiger charge is 2.11. The van der Waals surface area contributed by atoms with E-state index in [1.165, 1.54) is 10.8 Å². The number of aromatic nitrogens is 2. The minimum absolute atomic E-state index is 0.207. The van der Waals surface area contributed by atoms with Gasteiger partial charge in [-0.25, -0.2) is 4.79 Å². The molecule has 0 spiro atoms. The zero-order chi connectivity index (χ0) is 12.4. The van der Waals surface area contributed by atoms with E-state index in [4.69, 9.17) is 1.43 Å². The molecule has 0 fully saturated rings. The first-order valence-corrected chi connectivity index (χ1v) is 6.91. The van der Waals surface area contributed by atoms with Crippen molar-refractivity contribution in [3.63, 3.8) is 0 Å². The van der Waals surface area contributed by atoms with Gasteiger partial charge in [-0.2, -0.15) is 0 Å². The Morgan fingerprint density at radius 2 is 2.06 bits per heavy atom. The van der Waals surface area contributed by atoms with E-state index in [0.717, 1.165) is 32.6 Å². The highest BCUT2D eigenvalue weighted by atomic mass is 33.1. The van der Waals surface area contributed by atoms with Crippen LogP contribution in [0.1, 0.15) is 25.3 Å². The average molecular weight is 258 g/mol. The second kappa shape index (κ2) is 4.57. The fourth-order valence-corrected chi connectivity index (χ4v) is 2.92. The van der Waals surface area contributed by atoms with E-state index in [1.807, 2.05) is 12.1 Å². The lowest BCUT2D eigenvalue weighted by atomic mass is 10.0. The highest BCUT2D eigenvalue weighted by molar-refractivity contribution is 8.74. The van der Waals surface area contributed by atoms with Crippen molar-refractivity contribution in [2.45, 2.75) is 24.7 Å². The molecule has 86 valence electrons. The third kappa shape index (κ3) is 2.14. The summed E-state index contributed by atoms with van der Waals surface area (Å²) in [4.78, 5) is 17.7. The minimum Gasteiger partial charge on any atom is -0.320 e. The van der Waals surface area contributed by atoms with Crippen LogP contribution in [-0.4, -0.2) is 14.5 Å². The molecule has 1 aromatic carbocycles. The van der Waals surface area contributed by atoms with Gasteiger partial charge in [0.1, 0.15) is 0 Å². The van der Waals surface area contributed by atoms with Crippen LogP contribution in [0.25, 0.3) is 12.5 Å². The lowest BCUT2D eigenvalue weighted by Gasteiger charge is -2.10. The first-order valence-electron chi connectivity index (χ1n) is 5.25. The molecule has 0 radical (unpaired) electrons. The second-order valence-electron chi connectivity index (χ2n) is 3.82. The molecule has 0 bridgehead atoms. The number of aromatic amines is 2. The standard InChI is InChI=1S/C10H12N2O2S2/c1-5(2)6-3-7-8(12-10(13)11-7)4-9(6)15-16-14/h3-5,14H,1-2H3,(H2,11,12,13)/i/hT. The Kier molecular flexibility index (Phi) is 2.94. The van der Waals surface area contributed by atoms with Gasteiger partial charge >= 0.3 is 5.69 Å². The summed E-state index contributed by atoms with van der Waals surface area (Å²) in [5.74, 6) is 0.339. The Morgan fingerprint density at radius 1 is 1.38 bits per heavy atom. The smallest absolute Gasteiger partial charge is 0.320 e. The Balaban J connectivity index is 2.53. The molecule has 0 aliphatic carbocycles. The van der Waals surface area contributed by atoms with Gasteiger partial charge in [0.25, 0.3) is 0 Å². The molecule has 0 aliphatic heterocycles. The molecule has 0 unspecified atom stereocenters. The van der Waals surface area contributed by atoms with Gasteiger partial charge in [-0.3, -0.25) is 0 Å². The molecule has 0 atom stereocenters. The van der Waals surface area contributed by atoms with Crippen LogP contribution >= 0.6 is 21.9 Å². The zero-order valence-electron chi connectivity index (χ0n) is 9.87. The molecule has 1 heterocycles. The van der Waals surface area contributed by atoms with Crippen molar-refractivity contribution in [2.24, 2.45) is 0 Å². The van der Waals surface area contributed by atoms with Crippen LogP contribution < -0.4 is 5.69 Å². The Hall–Kier alpha value is -0.850. The minimum atomic E-state index is -0.207. The van der Waals surface area contributed by atoms with Gasteiger partial charge in [-0.05, 0) is 34.4 Å². The maximum Gasteiger partial charge on any atom is 0.323 e. The van der Waals surface area contributed by atoms with Crippen LogP contribution in [0.3, 0.4) is 0 Å². The molecular formula is C10H12N2O2S2. The summed E-state index contributed by atoms with van der Waals surface area (Å²) in [5.41, 5.74) is 2.50. The van der Waals surface area contributed by atoms with Crippen LogP contribution in [0.15, 0.2) is 21.8 Å². The maximum absolute atomic E-state index is 11.2. The molecule has 3 N–H and O–H groups in total. The molecule has 0 saturated carbocycles. The normalized spacial score (nSPS) is 12.3. The maximum atomic E-state index is 11.2. The van der Waals surface area contributed by atoms with Crippen LogP contribution in [0, 0.1) is 0 Å². The van der Waals surface area contributed by atoms with E-state index in [1.54, 1.807) is 0 Å². The first-order chi connectivity index (χ1) is 8.11. The average Bonchev–Trinajstić information content (AvgIpc) is 2.63. The molecule has 0 amide bonds. The van der Waals surface area contributed by atoms with Crippen molar-refractivity contribution in [3.05, 3.63) is 28.2 Å². The van der Waals surface area contributed by atoms with E-state index >= 15 is 0 Å². The van der Waals surface area contributed by atoms with Gasteiger partial charge in [-0.15, -0.1) is 0 Å². The molecule has 6 heteroatoms. The third-order valence-electron chi connectivity index (χ3n) is 2.39. The fraction of sp³-hybridized carbons (Fsp3) is 0.300. The van der Waals surface area contributed by atoms with E-state index in [0.29, 0.717) is 5.92 Å². The summed E-state index contributed by atoms with van der Waals surface area (Å²) < 4.78 is 10.9. The largest absolute Gasteiger partial charge is 0.323 e. The zero-order valence-corrected chi connectivity index (χ0v) is 10.5.